The minimum absolute atomic E-state index is 0.598. The maximum absolute atomic E-state index is 10.2. The van der Waals surface area contributed by atoms with E-state index in [0.717, 1.165) is 36.2 Å². The molecule has 2 heteroatoms. The lowest BCUT2D eigenvalue weighted by atomic mass is 10.1. The number of hydrogen-bond donors (Lipinski definition) is 0. The Morgan fingerprint density at radius 1 is 1.12 bits per heavy atom. The summed E-state index contributed by atoms with van der Waals surface area (Å²) in [6.45, 7) is 2.07. The molecule has 0 radical (unpaired) electrons. The Bertz CT molecular complexity index is 480. The molecule has 2 rings (SSSR count). The van der Waals surface area contributed by atoms with Crippen molar-refractivity contribution in [3.8, 4) is 11.3 Å². The molecule has 17 heavy (non-hydrogen) atoms. The van der Waals surface area contributed by atoms with Gasteiger partial charge >= 0.3 is 0 Å². The van der Waals surface area contributed by atoms with Crippen molar-refractivity contribution >= 4 is 6.29 Å². The second-order valence-corrected chi connectivity index (χ2v) is 4.19. The van der Waals surface area contributed by atoms with Crippen LogP contribution in [0.5, 0.6) is 0 Å². The van der Waals surface area contributed by atoms with E-state index in [1.807, 2.05) is 12.1 Å². The van der Waals surface area contributed by atoms with Gasteiger partial charge in [-0.2, -0.15) is 0 Å². The lowest BCUT2D eigenvalue weighted by Crippen LogP contribution is -1.82. The van der Waals surface area contributed by atoms with Crippen LogP contribution in [0.4, 0.5) is 0 Å². The summed E-state index contributed by atoms with van der Waals surface area (Å²) in [5, 5.41) is 0. The molecule has 2 aromatic rings. The maximum atomic E-state index is 10.2. The molecule has 0 aliphatic carbocycles. The topological polar surface area (TPSA) is 30.2 Å². The van der Waals surface area contributed by atoms with Crippen LogP contribution in [0.1, 0.15) is 24.2 Å². The highest BCUT2D eigenvalue weighted by Gasteiger charge is 2.04. The molecule has 0 spiro atoms. The molecule has 88 valence electrons. The molecule has 0 aliphatic rings. The van der Waals surface area contributed by atoms with Crippen LogP contribution < -0.4 is 0 Å². The van der Waals surface area contributed by atoms with Gasteiger partial charge in [0.15, 0.2) is 0 Å². The lowest BCUT2D eigenvalue weighted by Gasteiger charge is -1.98. The third-order valence-electron chi connectivity index (χ3n) is 2.74. The van der Waals surface area contributed by atoms with Gasteiger partial charge in [-0.1, -0.05) is 29.8 Å². The largest absolute Gasteiger partial charge is 0.461 e. The second kappa shape index (κ2) is 5.48. The van der Waals surface area contributed by atoms with E-state index >= 15 is 0 Å². The number of aryl methyl sites for hydroxylation is 2. The molecular weight excluding hydrogens is 212 g/mol. The van der Waals surface area contributed by atoms with Crippen molar-refractivity contribution in [3.63, 3.8) is 0 Å². The fourth-order valence-electron chi connectivity index (χ4n) is 1.74. The summed E-state index contributed by atoms with van der Waals surface area (Å²) in [6, 6.07) is 12.2. The highest BCUT2D eigenvalue weighted by Crippen LogP contribution is 2.23. The number of benzene rings is 1. The molecule has 0 bridgehead atoms. The van der Waals surface area contributed by atoms with Crippen LogP contribution in [-0.2, 0) is 11.2 Å². The minimum Gasteiger partial charge on any atom is -0.461 e. The van der Waals surface area contributed by atoms with Crippen molar-refractivity contribution in [2.45, 2.75) is 26.2 Å². The van der Waals surface area contributed by atoms with E-state index in [9.17, 15) is 4.79 Å². The van der Waals surface area contributed by atoms with Gasteiger partial charge in [0.25, 0.3) is 0 Å². The van der Waals surface area contributed by atoms with Gasteiger partial charge in [0.2, 0.25) is 0 Å². The molecule has 1 aromatic heterocycles. The van der Waals surface area contributed by atoms with Crippen molar-refractivity contribution in [2.75, 3.05) is 0 Å². The Kier molecular flexibility index (Phi) is 3.76. The SMILES string of the molecule is Cc1ccc(-c2ccc(CCCC=O)o2)cc1. The minimum atomic E-state index is 0.598. The highest BCUT2D eigenvalue weighted by atomic mass is 16.3. The Morgan fingerprint density at radius 3 is 2.59 bits per heavy atom. The summed E-state index contributed by atoms with van der Waals surface area (Å²) in [6.07, 6.45) is 3.22. The van der Waals surface area contributed by atoms with Crippen LogP contribution >= 0.6 is 0 Å². The van der Waals surface area contributed by atoms with Gasteiger partial charge in [0.1, 0.15) is 17.8 Å². The number of carbonyl (C=O) groups excluding carboxylic acids is 1. The third kappa shape index (κ3) is 3.06. The first-order valence-electron chi connectivity index (χ1n) is 5.89. The molecule has 0 fully saturated rings. The molecule has 0 atom stereocenters. The van der Waals surface area contributed by atoms with Crippen LogP contribution in [0.15, 0.2) is 40.8 Å². The van der Waals surface area contributed by atoms with Gasteiger partial charge in [0, 0.05) is 18.4 Å². The zero-order valence-electron chi connectivity index (χ0n) is 9.98. The Labute approximate surface area is 101 Å². The van der Waals surface area contributed by atoms with Gasteiger partial charge in [-0.25, -0.2) is 0 Å². The number of furan rings is 1. The van der Waals surface area contributed by atoms with E-state index in [1.54, 1.807) is 0 Å². The van der Waals surface area contributed by atoms with E-state index in [0.29, 0.717) is 6.42 Å². The fraction of sp³-hybridized carbons (Fsp3) is 0.267. The van der Waals surface area contributed by atoms with E-state index in [-0.39, 0.29) is 0 Å². The van der Waals surface area contributed by atoms with Crippen molar-refractivity contribution in [1.29, 1.82) is 0 Å². The van der Waals surface area contributed by atoms with Crippen LogP contribution in [0.3, 0.4) is 0 Å². The van der Waals surface area contributed by atoms with Crippen LogP contribution in [0.2, 0.25) is 0 Å². The number of hydrogen-bond acceptors (Lipinski definition) is 2. The fourth-order valence-corrected chi connectivity index (χ4v) is 1.74. The summed E-state index contributed by atoms with van der Waals surface area (Å²) in [4.78, 5) is 10.2. The Morgan fingerprint density at radius 2 is 1.88 bits per heavy atom. The molecule has 2 nitrogen and oxygen atoms in total. The van der Waals surface area contributed by atoms with E-state index in [2.05, 4.69) is 31.2 Å². The Balaban J connectivity index is 2.07. The first kappa shape index (κ1) is 11.6. The predicted molar refractivity (Wildman–Crippen MR) is 67.9 cm³/mol. The number of aldehydes is 1. The van der Waals surface area contributed by atoms with E-state index < -0.39 is 0 Å². The van der Waals surface area contributed by atoms with Gasteiger partial charge in [-0.15, -0.1) is 0 Å². The summed E-state index contributed by atoms with van der Waals surface area (Å²) in [5.74, 6) is 1.84. The molecule has 0 aliphatic heterocycles. The molecule has 0 saturated heterocycles. The van der Waals surface area contributed by atoms with Crippen molar-refractivity contribution in [2.24, 2.45) is 0 Å². The van der Waals surface area contributed by atoms with Gasteiger partial charge in [0.05, 0.1) is 0 Å². The standard InChI is InChI=1S/C15H16O2/c1-12-5-7-13(8-6-12)15-10-9-14(17-15)4-2-3-11-16/h5-11H,2-4H2,1H3. The van der Waals surface area contributed by atoms with Gasteiger partial charge in [-0.05, 0) is 25.5 Å². The van der Waals surface area contributed by atoms with Crippen molar-refractivity contribution < 1.29 is 9.21 Å². The normalized spacial score (nSPS) is 10.4. The summed E-state index contributed by atoms with van der Waals surface area (Å²) in [5.41, 5.74) is 2.34. The molecule has 1 aromatic carbocycles. The summed E-state index contributed by atoms with van der Waals surface area (Å²) in [7, 11) is 0. The van der Waals surface area contributed by atoms with E-state index in [4.69, 9.17) is 4.42 Å². The third-order valence-corrected chi connectivity index (χ3v) is 2.74. The quantitative estimate of drug-likeness (QED) is 0.576. The monoisotopic (exact) mass is 228 g/mol. The van der Waals surface area contributed by atoms with Crippen LogP contribution in [0.25, 0.3) is 11.3 Å². The van der Waals surface area contributed by atoms with Crippen LogP contribution in [0, 0.1) is 6.92 Å². The average Bonchev–Trinajstić information content (AvgIpc) is 2.79. The molecule has 0 N–H and O–H groups in total. The lowest BCUT2D eigenvalue weighted by molar-refractivity contribution is -0.107. The van der Waals surface area contributed by atoms with Gasteiger partial charge < -0.3 is 9.21 Å². The number of unbranched alkanes of at least 4 members (excludes halogenated alkanes) is 1. The maximum Gasteiger partial charge on any atom is 0.134 e. The smallest absolute Gasteiger partial charge is 0.134 e. The number of rotatable bonds is 5. The molecule has 0 amide bonds. The van der Waals surface area contributed by atoms with Gasteiger partial charge in [-0.3, -0.25) is 0 Å². The average molecular weight is 228 g/mol. The number of carbonyl (C=O) groups is 1. The second-order valence-electron chi connectivity index (χ2n) is 4.19. The zero-order valence-corrected chi connectivity index (χ0v) is 9.98. The molecule has 0 unspecified atom stereocenters. The first-order valence-corrected chi connectivity index (χ1v) is 5.89. The summed E-state index contributed by atoms with van der Waals surface area (Å²) < 4.78 is 5.74. The molecular formula is C15H16O2. The van der Waals surface area contributed by atoms with Crippen LogP contribution in [-0.4, -0.2) is 6.29 Å². The summed E-state index contributed by atoms with van der Waals surface area (Å²) >= 11 is 0. The molecule has 0 saturated carbocycles. The zero-order chi connectivity index (χ0) is 12.1. The first-order chi connectivity index (χ1) is 8.29. The highest BCUT2D eigenvalue weighted by molar-refractivity contribution is 5.57. The predicted octanol–water partition coefficient (Wildman–Crippen LogP) is 3.78. The van der Waals surface area contributed by atoms with Crippen molar-refractivity contribution in [3.05, 3.63) is 47.7 Å². The van der Waals surface area contributed by atoms with E-state index in [1.165, 1.54) is 5.56 Å². The molecule has 1 heterocycles. The Hall–Kier alpha value is -1.83. The van der Waals surface area contributed by atoms with Crippen molar-refractivity contribution in [1.82, 2.24) is 0 Å².